The maximum atomic E-state index is 12.5. The van der Waals surface area contributed by atoms with Crippen molar-refractivity contribution in [2.24, 2.45) is 0 Å². The van der Waals surface area contributed by atoms with Crippen molar-refractivity contribution in [1.82, 2.24) is 4.98 Å². The number of carboxylic acids is 1. The Morgan fingerprint density at radius 1 is 1.44 bits per heavy atom. The number of halogens is 6. The molecule has 1 heterocycles. The minimum atomic E-state index is -5.09. The van der Waals surface area contributed by atoms with Gasteiger partial charge in [0, 0.05) is 6.07 Å². The van der Waals surface area contributed by atoms with E-state index in [2.05, 4.69) is 9.72 Å². The zero-order valence-corrected chi connectivity index (χ0v) is 10.3. The van der Waals surface area contributed by atoms with Crippen LogP contribution in [0, 0.1) is 3.70 Å². The lowest BCUT2D eigenvalue weighted by Gasteiger charge is -2.12. The van der Waals surface area contributed by atoms with Gasteiger partial charge in [-0.15, -0.1) is 13.2 Å². The van der Waals surface area contributed by atoms with Gasteiger partial charge in [-0.2, -0.15) is 0 Å². The number of aromatic carboxylic acids is 1. The molecule has 0 aliphatic heterocycles. The SMILES string of the molecule is O=C(O)c1cc(OC(F)(F)F)nc(I)c1C(F)F. The molecular weight excluding hydrogens is 380 g/mol. The summed E-state index contributed by atoms with van der Waals surface area (Å²) >= 11 is 1.21. The fourth-order valence-electron chi connectivity index (χ4n) is 1.06. The van der Waals surface area contributed by atoms with Gasteiger partial charge >= 0.3 is 12.3 Å². The number of ether oxygens (including phenoxy) is 1. The molecule has 18 heavy (non-hydrogen) atoms. The number of carbonyl (C=O) groups is 1. The molecule has 0 atom stereocenters. The second kappa shape index (κ2) is 5.20. The molecular formula is C8H3F5INO3. The van der Waals surface area contributed by atoms with Crippen LogP contribution in [0.1, 0.15) is 22.3 Å². The monoisotopic (exact) mass is 383 g/mol. The molecule has 0 spiro atoms. The number of hydrogen-bond donors (Lipinski definition) is 1. The van der Waals surface area contributed by atoms with Gasteiger partial charge in [0.2, 0.25) is 5.88 Å². The quantitative estimate of drug-likeness (QED) is 0.495. The molecule has 0 radical (unpaired) electrons. The number of pyridine rings is 1. The van der Waals surface area contributed by atoms with Crippen molar-refractivity contribution in [2.45, 2.75) is 12.8 Å². The van der Waals surface area contributed by atoms with Gasteiger partial charge in [-0.05, 0) is 22.6 Å². The number of nitrogens with zero attached hydrogens (tertiary/aromatic N) is 1. The highest BCUT2D eigenvalue weighted by molar-refractivity contribution is 14.1. The number of carboxylic acid groups (broad SMARTS) is 1. The van der Waals surface area contributed by atoms with E-state index < -0.39 is 39.5 Å². The Kier molecular flexibility index (Phi) is 4.29. The average Bonchev–Trinajstić information content (AvgIpc) is 2.12. The molecule has 0 fully saturated rings. The number of alkyl halides is 5. The van der Waals surface area contributed by atoms with Crippen LogP contribution in [-0.4, -0.2) is 22.4 Å². The maximum absolute atomic E-state index is 12.5. The summed E-state index contributed by atoms with van der Waals surface area (Å²) < 4.78 is 63.6. The summed E-state index contributed by atoms with van der Waals surface area (Å²) in [6.45, 7) is 0. The van der Waals surface area contributed by atoms with Crippen LogP contribution in [-0.2, 0) is 0 Å². The van der Waals surface area contributed by atoms with Gasteiger partial charge in [0.25, 0.3) is 6.43 Å². The van der Waals surface area contributed by atoms with Crippen molar-refractivity contribution in [3.63, 3.8) is 0 Å². The predicted molar refractivity (Wildman–Crippen MR) is 55.6 cm³/mol. The van der Waals surface area contributed by atoms with Crippen molar-refractivity contribution in [2.75, 3.05) is 0 Å². The third kappa shape index (κ3) is 3.65. The molecule has 1 aromatic rings. The largest absolute Gasteiger partial charge is 0.574 e. The van der Waals surface area contributed by atoms with Crippen LogP contribution in [0.4, 0.5) is 22.0 Å². The summed E-state index contributed by atoms with van der Waals surface area (Å²) in [6, 6.07) is 0.305. The zero-order valence-electron chi connectivity index (χ0n) is 8.13. The first-order chi connectivity index (χ1) is 8.11. The molecule has 0 unspecified atom stereocenters. The minimum absolute atomic E-state index is 0.305. The van der Waals surface area contributed by atoms with Crippen LogP contribution in [0.3, 0.4) is 0 Å². The smallest absolute Gasteiger partial charge is 0.478 e. The Morgan fingerprint density at radius 2 is 2.00 bits per heavy atom. The molecule has 0 aromatic carbocycles. The molecule has 1 N–H and O–H groups in total. The Balaban J connectivity index is 3.32. The Morgan fingerprint density at radius 3 is 2.39 bits per heavy atom. The first-order valence-electron chi connectivity index (χ1n) is 4.09. The normalized spacial score (nSPS) is 11.7. The molecule has 0 aliphatic carbocycles. The number of rotatable bonds is 3. The van der Waals surface area contributed by atoms with E-state index >= 15 is 0 Å². The predicted octanol–water partition coefficient (Wildman–Crippen LogP) is 3.22. The molecule has 1 aromatic heterocycles. The Hall–Kier alpha value is -1.20. The highest BCUT2D eigenvalue weighted by Crippen LogP contribution is 2.31. The zero-order chi connectivity index (χ0) is 14.1. The second-order valence-electron chi connectivity index (χ2n) is 2.87. The maximum Gasteiger partial charge on any atom is 0.574 e. The van der Waals surface area contributed by atoms with Gasteiger partial charge in [-0.3, -0.25) is 0 Å². The van der Waals surface area contributed by atoms with E-state index in [1.54, 1.807) is 0 Å². The van der Waals surface area contributed by atoms with Gasteiger partial charge in [-0.1, -0.05) is 0 Å². The lowest BCUT2D eigenvalue weighted by molar-refractivity contribution is -0.276. The van der Waals surface area contributed by atoms with E-state index in [9.17, 15) is 26.7 Å². The third-order valence-corrected chi connectivity index (χ3v) is 2.48. The summed E-state index contributed by atoms with van der Waals surface area (Å²) in [4.78, 5) is 13.8. The lowest BCUT2D eigenvalue weighted by atomic mass is 10.1. The highest BCUT2D eigenvalue weighted by Gasteiger charge is 2.33. The summed E-state index contributed by atoms with van der Waals surface area (Å²) in [5, 5.41) is 8.66. The van der Waals surface area contributed by atoms with Crippen molar-refractivity contribution in [1.29, 1.82) is 0 Å². The van der Waals surface area contributed by atoms with Gasteiger partial charge in [0.15, 0.2) is 0 Å². The van der Waals surface area contributed by atoms with Crippen molar-refractivity contribution in [3.05, 3.63) is 20.9 Å². The van der Waals surface area contributed by atoms with Gasteiger partial charge in [-0.25, -0.2) is 18.6 Å². The first kappa shape index (κ1) is 14.9. The van der Waals surface area contributed by atoms with Crippen LogP contribution < -0.4 is 4.74 Å². The van der Waals surface area contributed by atoms with Crippen LogP contribution in [0.5, 0.6) is 5.88 Å². The Bertz CT molecular complexity index is 477. The minimum Gasteiger partial charge on any atom is -0.478 e. The van der Waals surface area contributed by atoms with Crippen LogP contribution in [0.15, 0.2) is 6.07 Å². The fraction of sp³-hybridized carbons (Fsp3) is 0.250. The van der Waals surface area contributed by atoms with E-state index in [-0.39, 0.29) is 0 Å². The summed E-state index contributed by atoms with van der Waals surface area (Å²) in [5.41, 5.74) is -1.93. The van der Waals surface area contributed by atoms with Crippen molar-refractivity contribution in [3.8, 4) is 5.88 Å². The van der Waals surface area contributed by atoms with E-state index in [0.29, 0.717) is 6.07 Å². The van der Waals surface area contributed by atoms with E-state index in [1.807, 2.05) is 0 Å². The molecule has 10 heteroatoms. The number of hydrogen-bond acceptors (Lipinski definition) is 3. The van der Waals surface area contributed by atoms with Crippen LogP contribution in [0.25, 0.3) is 0 Å². The fourth-order valence-corrected chi connectivity index (χ4v) is 1.82. The van der Waals surface area contributed by atoms with E-state index in [4.69, 9.17) is 5.11 Å². The van der Waals surface area contributed by atoms with E-state index in [1.165, 1.54) is 22.6 Å². The summed E-state index contributed by atoms with van der Waals surface area (Å²) in [5.74, 6) is -2.90. The van der Waals surface area contributed by atoms with Gasteiger partial charge in [0.1, 0.15) is 3.70 Å². The van der Waals surface area contributed by atoms with Crippen LogP contribution >= 0.6 is 22.6 Å². The summed E-state index contributed by atoms with van der Waals surface area (Å²) in [6.07, 6.45) is -8.26. The van der Waals surface area contributed by atoms with Gasteiger partial charge in [0.05, 0.1) is 11.1 Å². The molecule has 0 amide bonds. The molecule has 1 rings (SSSR count). The third-order valence-electron chi connectivity index (χ3n) is 1.66. The second-order valence-corrected chi connectivity index (χ2v) is 3.89. The standard InChI is InChI=1S/C8H3F5INO3/c9-5(10)4-2(7(16)17)1-3(15-6(4)14)18-8(11,12)13/h1,5H,(H,16,17). The number of aromatic nitrogens is 1. The molecule has 0 bridgehead atoms. The molecule has 0 saturated carbocycles. The molecule has 0 saturated heterocycles. The van der Waals surface area contributed by atoms with Gasteiger partial charge < -0.3 is 9.84 Å². The lowest BCUT2D eigenvalue weighted by Crippen LogP contribution is -2.19. The topological polar surface area (TPSA) is 59.4 Å². The van der Waals surface area contributed by atoms with Crippen LogP contribution in [0.2, 0.25) is 0 Å². The molecule has 4 nitrogen and oxygen atoms in total. The summed E-state index contributed by atoms with van der Waals surface area (Å²) in [7, 11) is 0. The van der Waals surface area contributed by atoms with E-state index in [0.717, 1.165) is 0 Å². The van der Waals surface area contributed by atoms with Crippen molar-refractivity contribution < 1.29 is 36.6 Å². The Labute approximate surface area is 110 Å². The molecule has 100 valence electrons. The van der Waals surface area contributed by atoms with Crippen molar-refractivity contribution >= 4 is 28.6 Å². The first-order valence-corrected chi connectivity index (χ1v) is 5.17. The average molecular weight is 383 g/mol. The highest BCUT2D eigenvalue weighted by atomic mass is 127. The molecule has 0 aliphatic rings.